The van der Waals surface area contributed by atoms with Gasteiger partial charge < -0.3 is 5.32 Å². The molecule has 0 saturated heterocycles. The number of benzene rings is 1. The van der Waals surface area contributed by atoms with Crippen molar-refractivity contribution in [2.75, 3.05) is 11.3 Å². The minimum atomic E-state index is -3.76. The molecule has 1 aromatic carbocycles. The van der Waals surface area contributed by atoms with Crippen LogP contribution in [0.4, 0.5) is 5.69 Å². The fourth-order valence-corrected chi connectivity index (χ4v) is 3.31. The number of aryl methyl sites for hydroxylation is 1. The van der Waals surface area contributed by atoms with E-state index in [1.807, 2.05) is 6.92 Å². The zero-order chi connectivity index (χ0) is 15.5. The van der Waals surface area contributed by atoms with Crippen LogP contribution in [0.3, 0.4) is 0 Å². The molecule has 1 aromatic heterocycles. The van der Waals surface area contributed by atoms with E-state index in [1.54, 1.807) is 31.2 Å². The number of anilines is 1. The molecule has 2 aromatic rings. The van der Waals surface area contributed by atoms with E-state index in [2.05, 4.69) is 20.2 Å². The largest absolute Gasteiger partial charge is 0.313 e. The van der Waals surface area contributed by atoms with Gasteiger partial charge in [0.25, 0.3) is 10.0 Å². The summed E-state index contributed by atoms with van der Waals surface area (Å²) in [5, 5.41) is 10.2. The predicted octanol–water partition coefficient (Wildman–Crippen LogP) is 2.28. The molecule has 0 unspecified atom stereocenters. The highest BCUT2D eigenvalue weighted by atomic mass is 35.5. The van der Waals surface area contributed by atoms with Crippen molar-refractivity contribution in [3.63, 3.8) is 0 Å². The molecular formula is C13H17ClN4O2S. The zero-order valence-corrected chi connectivity index (χ0v) is 13.3. The number of nitrogens with zero attached hydrogens (tertiary/aromatic N) is 1. The summed E-state index contributed by atoms with van der Waals surface area (Å²) in [6.45, 7) is 4.92. The van der Waals surface area contributed by atoms with E-state index in [0.29, 0.717) is 22.8 Å². The Morgan fingerprint density at radius 2 is 2.14 bits per heavy atom. The number of sulfonamides is 1. The predicted molar refractivity (Wildman–Crippen MR) is 83.0 cm³/mol. The van der Waals surface area contributed by atoms with Gasteiger partial charge in [0, 0.05) is 22.8 Å². The lowest BCUT2D eigenvalue weighted by Crippen LogP contribution is -2.19. The summed E-state index contributed by atoms with van der Waals surface area (Å²) < 4.78 is 27.4. The SMILES string of the molecule is CCNCc1c(S(=O)(=O)Nc2cccc(Cl)c2)n[nH]c1C. The average molecular weight is 329 g/mol. The van der Waals surface area contributed by atoms with E-state index < -0.39 is 10.0 Å². The molecule has 0 bridgehead atoms. The lowest BCUT2D eigenvalue weighted by Gasteiger charge is -2.08. The molecule has 0 atom stereocenters. The molecule has 0 radical (unpaired) electrons. The van der Waals surface area contributed by atoms with Gasteiger partial charge in [-0.1, -0.05) is 24.6 Å². The second-order valence-corrected chi connectivity index (χ2v) is 6.56. The highest BCUT2D eigenvalue weighted by Crippen LogP contribution is 2.21. The van der Waals surface area contributed by atoms with Crippen molar-refractivity contribution in [2.24, 2.45) is 0 Å². The number of halogens is 1. The third kappa shape index (κ3) is 3.75. The third-order valence-electron chi connectivity index (χ3n) is 2.92. The van der Waals surface area contributed by atoms with Gasteiger partial charge in [-0.25, -0.2) is 0 Å². The van der Waals surface area contributed by atoms with Gasteiger partial charge in [0.05, 0.1) is 5.69 Å². The Hall–Kier alpha value is -1.57. The third-order valence-corrected chi connectivity index (χ3v) is 4.51. The first-order valence-corrected chi connectivity index (χ1v) is 8.33. The number of hydrogen-bond donors (Lipinski definition) is 3. The van der Waals surface area contributed by atoms with E-state index in [1.165, 1.54) is 0 Å². The highest BCUT2D eigenvalue weighted by molar-refractivity contribution is 7.92. The molecule has 1 heterocycles. The van der Waals surface area contributed by atoms with Crippen molar-refractivity contribution in [3.8, 4) is 0 Å². The van der Waals surface area contributed by atoms with Crippen LogP contribution >= 0.6 is 11.6 Å². The van der Waals surface area contributed by atoms with Crippen LogP contribution in [0.2, 0.25) is 5.02 Å². The zero-order valence-electron chi connectivity index (χ0n) is 11.8. The molecule has 0 spiro atoms. The van der Waals surface area contributed by atoms with Crippen molar-refractivity contribution in [1.82, 2.24) is 15.5 Å². The van der Waals surface area contributed by atoms with Crippen molar-refractivity contribution in [2.45, 2.75) is 25.4 Å². The molecule has 3 N–H and O–H groups in total. The second-order valence-electron chi connectivity index (χ2n) is 4.53. The van der Waals surface area contributed by atoms with Crippen LogP contribution in [0.5, 0.6) is 0 Å². The van der Waals surface area contributed by atoms with Crippen LogP contribution in [0.15, 0.2) is 29.3 Å². The lowest BCUT2D eigenvalue weighted by atomic mass is 10.2. The molecule has 0 saturated carbocycles. The number of aromatic nitrogens is 2. The van der Waals surface area contributed by atoms with Crippen LogP contribution in [0.25, 0.3) is 0 Å². The van der Waals surface area contributed by atoms with E-state index in [4.69, 9.17) is 11.6 Å². The van der Waals surface area contributed by atoms with Gasteiger partial charge in [-0.15, -0.1) is 0 Å². The maximum absolute atomic E-state index is 12.4. The molecule has 114 valence electrons. The molecule has 21 heavy (non-hydrogen) atoms. The van der Waals surface area contributed by atoms with Crippen molar-refractivity contribution in [3.05, 3.63) is 40.5 Å². The summed E-state index contributed by atoms with van der Waals surface area (Å²) in [6, 6.07) is 6.53. The number of aromatic amines is 1. The van der Waals surface area contributed by atoms with Crippen LogP contribution in [-0.2, 0) is 16.6 Å². The van der Waals surface area contributed by atoms with Gasteiger partial charge >= 0.3 is 0 Å². The highest BCUT2D eigenvalue weighted by Gasteiger charge is 2.23. The van der Waals surface area contributed by atoms with E-state index >= 15 is 0 Å². The minimum Gasteiger partial charge on any atom is -0.313 e. The standard InChI is InChI=1S/C13H17ClN4O2S/c1-3-15-8-12-9(2)16-17-13(12)21(19,20)18-11-6-4-5-10(14)7-11/h4-7,15,18H,3,8H2,1-2H3,(H,16,17). The Morgan fingerprint density at radius 3 is 2.81 bits per heavy atom. The molecule has 0 aliphatic carbocycles. The van der Waals surface area contributed by atoms with Gasteiger partial charge in [-0.3, -0.25) is 9.82 Å². The smallest absolute Gasteiger partial charge is 0.281 e. The fraction of sp³-hybridized carbons (Fsp3) is 0.308. The van der Waals surface area contributed by atoms with Crippen molar-refractivity contribution >= 4 is 27.3 Å². The van der Waals surface area contributed by atoms with Crippen LogP contribution < -0.4 is 10.0 Å². The van der Waals surface area contributed by atoms with Crippen molar-refractivity contribution < 1.29 is 8.42 Å². The van der Waals surface area contributed by atoms with Crippen LogP contribution in [-0.4, -0.2) is 25.2 Å². The number of nitrogens with one attached hydrogen (secondary N) is 3. The first-order valence-electron chi connectivity index (χ1n) is 6.47. The van der Waals surface area contributed by atoms with Gasteiger partial charge in [0.1, 0.15) is 0 Å². The van der Waals surface area contributed by atoms with Gasteiger partial charge in [0.15, 0.2) is 0 Å². The summed E-state index contributed by atoms with van der Waals surface area (Å²) in [7, 11) is -3.76. The number of H-pyrrole nitrogens is 1. The van der Waals surface area contributed by atoms with E-state index in [0.717, 1.165) is 12.2 Å². The van der Waals surface area contributed by atoms with Crippen LogP contribution in [0.1, 0.15) is 18.2 Å². The monoisotopic (exact) mass is 328 g/mol. The molecule has 0 fully saturated rings. The lowest BCUT2D eigenvalue weighted by molar-refractivity contribution is 0.594. The topological polar surface area (TPSA) is 86.9 Å². The van der Waals surface area contributed by atoms with Gasteiger partial charge in [0.2, 0.25) is 5.03 Å². The Morgan fingerprint density at radius 1 is 1.38 bits per heavy atom. The minimum absolute atomic E-state index is 0.000857. The summed E-state index contributed by atoms with van der Waals surface area (Å²) in [5.74, 6) is 0. The summed E-state index contributed by atoms with van der Waals surface area (Å²) >= 11 is 5.86. The summed E-state index contributed by atoms with van der Waals surface area (Å²) in [4.78, 5) is 0. The van der Waals surface area contributed by atoms with Gasteiger partial charge in [-0.05, 0) is 31.7 Å². The Balaban J connectivity index is 2.31. The van der Waals surface area contributed by atoms with E-state index in [9.17, 15) is 8.42 Å². The summed E-state index contributed by atoms with van der Waals surface area (Å²) in [6.07, 6.45) is 0. The van der Waals surface area contributed by atoms with E-state index in [-0.39, 0.29) is 5.03 Å². The molecule has 0 aliphatic heterocycles. The molecule has 0 amide bonds. The quantitative estimate of drug-likeness (QED) is 0.759. The van der Waals surface area contributed by atoms with Crippen molar-refractivity contribution in [1.29, 1.82) is 0 Å². The van der Waals surface area contributed by atoms with Gasteiger partial charge in [-0.2, -0.15) is 13.5 Å². The maximum atomic E-state index is 12.4. The average Bonchev–Trinajstić information content (AvgIpc) is 2.78. The number of rotatable bonds is 6. The maximum Gasteiger partial charge on any atom is 0.281 e. The summed E-state index contributed by atoms with van der Waals surface area (Å²) in [5.41, 5.74) is 1.76. The normalized spacial score (nSPS) is 11.6. The fourth-order valence-electron chi connectivity index (χ4n) is 1.87. The molecule has 8 heteroatoms. The molecule has 6 nitrogen and oxygen atoms in total. The Labute approximate surface area is 129 Å². The number of hydrogen-bond acceptors (Lipinski definition) is 4. The van der Waals surface area contributed by atoms with Crippen LogP contribution in [0, 0.1) is 6.92 Å². The Kier molecular flexibility index (Phi) is 4.87. The molecule has 0 aliphatic rings. The molecular weight excluding hydrogens is 312 g/mol. The Bertz CT molecular complexity index is 728. The molecule has 2 rings (SSSR count). The first-order chi connectivity index (χ1) is 9.94. The first kappa shape index (κ1) is 15.8. The second kappa shape index (κ2) is 6.46.